The maximum Gasteiger partial charge on any atom is 0.340 e. The van der Waals surface area contributed by atoms with Crippen molar-refractivity contribution in [2.45, 2.75) is 66.5 Å². The van der Waals surface area contributed by atoms with Crippen LogP contribution in [0.1, 0.15) is 72.3 Å². The Morgan fingerprint density at radius 2 is 1.34 bits per heavy atom. The topological polar surface area (TPSA) is 67.4 Å². The number of benzene rings is 2. The van der Waals surface area contributed by atoms with Gasteiger partial charge in [0.2, 0.25) is 0 Å². The second kappa shape index (κ2) is 10.2. The van der Waals surface area contributed by atoms with Crippen LogP contribution in [0.5, 0.6) is 0 Å². The number of esters is 1. The van der Waals surface area contributed by atoms with Crippen LogP contribution in [0.4, 0.5) is 0 Å². The standard InChI is InChI=1S/C32H38N2O4/c1-9-37-29(35)27(30(36)38-10-2)26(28-33(31(3,4)5)19-20-34(28)32(6,7)8)25-23-17-13-11-15-21(23)22-16-12-14-18-24(22)25/h11-20H,9-10H2,1-8H3. The van der Waals surface area contributed by atoms with Crippen molar-refractivity contribution >= 4 is 17.1 Å². The van der Waals surface area contributed by atoms with E-state index in [-0.39, 0.29) is 29.9 Å². The third kappa shape index (κ3) is 4.75. The molecular formula is C32H38N2O4. The molecule has 0 fully saturated rings. The Bertz CT molecular complexity index is 1350. The van der Waals surface area contributed by atoms with Crippen LogP contribution in [-0.4, -0.2) is 23.8 Å². The predicted octanol–water partition coefficient (Wildman–Crippen LogP) is 5.40. The molecule has 200 valence electrons. The molecule has 0 atom stereocenters. The molecule has 0 amide bonds. The second-order valence-electron chi connectivity index (χ2n) is 11.4. The molecule has 1 aliphatic rings. The molecule has 1 heterocycles. The van der Waals surface area contributed by atoms with Gasteiger partial charge in [-0.3, -0.25) is 0 Å². The smallest absolute Gasteiger partial charge is 0.340 e. The lowest BCUT2D eigenvalue weighted by Crippen LogP contribution is -2.53. The molecule has 3 aromatic rings. The van der Waals surface area contributed by atoms with Crippen LogP contribution in [-0.2, 0) is 25.3 Å². The van der Waals surface area contributed by atoms with Gasteiger partial charge in [0.15, 0.2) is 0 Å². The minimum atomic E-state index is -0.697. The summed E-state index contributed by atoms with van der Waals surface area (Å²) in [5, 5.41) is 13.7. The van der Waals surface area contributed by atoms with E-state index in [9.17, 15) is 9.90 Å². The normalized spacial score (nSPS) is 13.5. The van der Waals surface area contributed by atoms with Crippen LogP contribution in [0.25, 0.3) is 22.3 Å². The highest BCUT2D eigenvalue weighted by atomic mass is 16.6. The average molecular weight is 515 g/mol. The number of aromatic nitrogens is 2. The summed E-state index contributed by atoms with van der Waals surface area (Å²) in [6.45, 7) is 16.4. The van der Waals surface area contributed by atoms with E-state index in [1.807, 2.05) is 48.8 Å². The summed E-state index contributed by atoms with van der Waals surface area (Å²) in [4.78, 5) is 13.7. The first-order valence-corrected chi connectivity index (χ1v) is 13.2. The van der Waals surface area contributed by atoms with Gasteiger partial charge in [-0.05, 0) is 77.3 Å². The van der Waals surface area contributed by atoms with E-state index in [2.05, 4.69) is 62.8 Å². The molecule has 0 N–H and O–H groups in total. The number of carbonyl (C=O) groups is 1. The summed E-state index contributed by atoms with van der Waals surface area (Å²) in [5.41, 5.74) is 4.53. The molecule has 0 radical (unpaired) electrons. The van der Waals surface area contributed by atoms with E-state index in [1.54, 1.807) is 13.8 Å². The van der Waals surface area contributed by atoms with Crippen LogP contribution < -0.4 is 9.67 Å². The van der Waals surface area contributed by atoms with E-state index in [0.29, 0.717) is 5.57 Å². The lowest BCUT2D eigenvalue weighted by molar-refractivity contribution is -0.755. The van der Waals surface area contributed by atoms with E-state index >= 15 is 0 Å². The van der Waals surface area contributed by atoms with Crippen LogP contribution in [0.2, 0.25) is 0 Å². The van der Waals surface area contributed by atoms with Crippen LogP contribution in [0, 0.1) is 0 Å². The highest BCUT2D eigenvalue weighted by molar-refractivity contribution is 6.19. The summed E-state index contributed by atoms with van der Waals surface area (Å²) >= 11 is 0. The number of hydrogen-bond acceptors (Lipinski definition) is 4. The van der Waals surface area contributed by atoms with Gasteiger partial charge < -0.3 is 14.6 Å². The number of nitrogens with zero attached hydrogens (tertiary/aromatic N) is 2. The van der Waals surface area contributed by atoms with Crippen molar-refractivity contribution in [2.75, 3.05) is 13.2 Å². The van der Waals surface area contributed by atoms with Crippen LogP contribution in [0.3, 0.4) is 0 Å². The molecule has 6 nitrogen and oxygen atoms in total. The molecule has 0 saturated heterocycles. The van der Waals surface area contributed by atoms with E-state index in [0.717, 1.165) is 33.7 Å². The molecule has 0 bridgehead atoms. The zero-order valence-corrected chi connectivity index (χ0v) is 23.7. The summed E-state index contributed by atoms with van der Waals surface area (Å²) < 4.78 is 15.3. The van der Waals surface area contributed by atoms with Gasteiger partial charge in [-0.1, -0.05) is 55.5 Å². The van der Waals surface area contributed by atoms with Gasteiger partial charge in [0.05, 0.1) is 23.7 Å². The summed E-state index contributed by atoms with van der Waals surface area (Å²) in [5.74, 6) is -0.655. The number of hydrogen-bond donors (Lipinski definition) is 0. The Labute approximate surface area is 225 Å². The van der Waals surface area contributed by atoms with Crippen molar-refractivity contribution in [2.24, 2.45) is 0 Å². The van der Waals surface area contributed by atoms with Gasteiger partial charge in [0.1, 0.15) is 23.5 Å². The zero-order valence-electron chi connectivity index (χ0n) is 23.7. The van der Waals surface area contributed by atoms with Crippen molar-refractivity contribution in [3.05, 3.63) is 89.4 Å². The molecule has 2 aromatic carbocycles. The van der Waals surface area contributed by atoms with Gasteiger partial charge in [0, 0.05) is 5.57 Å². The number of rotatable bonds is 6. The van der Waals surface area contributed by atoms with Gasteiger partial charge in [-0.2, -0.15) is 0 Å². The average Bonchev–Trinajstić information content (AvgIpc) is 3.43. The Balaban J connectivity index is 2.30. The first kappa shape index (κ1) is 27.2. The molecule has 38 heavy (non-hydrogen) atoms. The fraction of sp³-hybridized carbons (Fsp3) is 0.375. The van der Waals surface area contributed by atoms with E-state index in [1.165, 1.54) is 0 Å². The largest absolute Gasteiger partial charge is 0.613 e. The van der Waals surface area contributed by atoms with Gasteiger partial charge in [-0.15, -0.1) is 0 Å². The quantitative estimate of drug-likeness (QED) is 0.150. The maximum atomic E-state index is 13.7. The second-order valence-corrected chi connectivity index (χ2v) is 11.4. The Morgan fingerprint density at radius 3 is 1.79 bits per heavy atom. The molecular weight excluding hydrogens is 476 g/mol. The lowest BCUT2D eigenvalue weighted by atomic mass is 9.91. The Hall–Kier alpha value is -3.80. The SMILES string of the molecule is CCOC(=O)/C(C(=C1c2ccccc2-c2ccccc21)c1n(C(C)(C)C)cc[n+]1C(C)(C)C)=C(\[O-])OCC. The molecule has 0 unspecified atom stereocenters. The third-order valence-corrected chi connectivity index (χ3v) is 6.63. The van der Waals surface area contributed by atoms with E-state index in [4.69, 9.17) is 9.47 Å². The fourth-order valence-corrected chi connectivity index (χ4v) is 5.04. The summed E-state index contributed by atoms with van der Waals surface area (Å²) in [7, 11) is 0. The molecule has 0 saturated carbocycles. The molecule has 1 aliphatic carbocycles. The van der Waals surface area contributed by atoms with Crippen molar-refractivity contribution < 1.29 is 23.9 Å². The first-order chi connectivity index (χ1) is 17.9. The Morgan fingerprint density at radius 1 is 0.842 bits per heavy atom. The van der Waals surface area contributed by atoms with Gasteiger partial charge in [-0.25, -0.2) is 13.9 Å². The predicted molar refractivity (Wildman–Crippen MR) is 148 cm³/mol. The van der Waals surface area contributed by atoms with Crippen LogP contribution in [0.15, 0.2) is 72.4 Å². The van der Waals surface area contributed by atoms with Crippen LogP contribution >= 0.6 is 0 Å². The maximum absolute atomic E-state index is 13.7. The van der Waals surface area contributed by atoms with Crippen molar-refractivity contribution in [1.82, 2.24) is 4.57 Å². The lowest BCUT2D eigenvalue weighted by Gasteiger charge is -2.26. The number of carbonyl (C=O) groups excluding carboxylic acids is 1. The van der Waals surface area contributed by atoms with Crippen molar-refractivity contribution in [3.63, 3.8) is 0 Å². The fourth-order valence-electron chi connectivity index (χ4n) is 5.04. The summed E-state index contributed by atoms with van der Waals surface area (Å²) in [6.07, 6.45) is 4.03. The highest BCUT2D eigenvalue weighted by Crippen LogP contribution is 2.49. The monoisotopic (exact) mass is 514 g/mol. The number of fused-ring (bicyclic) bond motifs is 3. The van der Waals surface area contributed by atoms with Gasteiger partial charge >= 0.3 is 5.97 Å². The first-order valence-electron chi connectivity index (χ1n) is 13.2. The highest BCUT2D eigenvalue weighted by Gasteiger charge is 2.41. The molecule has 0 aliphatic heterocycles. The Kier molecular flexibility index (Phi) is 7.29. The van der Waals surface area contributed by atoms with Gasteiger partial charge in [0.25, 0.3) is 5.82 Å². The van der Waals surface area contributed by atoms with E-state index < -0.39 is 11.9 Å². The number of ether oxygens (including phenoxy) is 2. The minimum Gasteiger partial charge on any atom is -0.613 e. The zero-order chi connectivity index (χ0) is 27.8. The molecule has 1 aromatic heterocycles. The molecule has 0 spiro atoms. The summed E-state index contributed by atoms with van der Waals surface area (Å²) in [6, 6.07) is 16.2. The minimum absolute atomic E-state index is 0.0996. The molecule has 6 heteroatoms. The third-order valence-electron chi connectivity index (χ3n) is 6.63. The molecule has 4 rings (SSSR count). The van der Waals surface area contributed by atoms with Crippen molar-refractivity contribution in [3.8, 4) is 11.1 Å². The van der Waals surface area contributed by atoms with Crippen molar-refractivity contribution in [1.29, 1.82) is 0 Å². The number of imidazole rings is 1.